The SMILES string of the molecule is Nc1ccc2c(c1)N(C(=O)Nc1ccccc1)CC2. The third-order valence-electron chi connectivity index (χ3n) is 3.28. The van der Waals surface area contributed by atoms with Crippen molar-refractivity contribution >= 4 is 23.1 Å². The predicted molar refractivity (Wildman–Crippen MR) is 77.4 cm³/mol. The van der Waals surface area contributed by atoms with E-state index >= 15 is 0 Å². The number of rotatable bonds is 1. The average molecular weight is 253 g/mol. The fourth-order valence-electron chi connectivity index (χ4n) is 2.32. The molecule has 1 aliphatic rings. The van der Waals surface area contributed by atoms with Gasteiger partial charge in [-0.2, -0.15) is 0 Å². The molecule has 96 valence electrons. The van der Waals surface area contributed by atoms with Gasteiger partial charge in [-0.3, -0.25) is 4.90 Å². The lowest BCUT2D eigenvalue weighted by atomic mass is 10.1. The minimum atomic E-state index is -0.115. The number of para-hydroxylation sites is 1. The van der Waals surface area contributed by atoms with Gasteiger partial charge in [0.2, 0.25) is 0 Å². The van der Waals surface area contributed by atoms with E-state index in [9.17, 15) is 4.79 Å². The summed E-state index contributed by atoms with van der Waals surface area (Å²) in [5.74, 6) is 0. The van der Waals surface area contributed by atoms with Crippen molar-refractivity contribution in [1.29, 1.82) is 0 Å². The molecule has 0 bridgehead atoms. The second kappa shape index (κ2) is 4.65. The summed E-state index contributed by atoms with van der Waals surface area (Å²) in [6.07, 6.45) is 0.873. The molecule has 0 fully saturated rings. The number of nitrogens with one attached hydrogen (secondary N) is 1. The molecule has 2 aromatic rings. The van der Waals surface area contributed by atoms with Crippen LogP contribution in [0.5, 0.6) is 0 Å². The molecule has 3 N–H and O–H groups in total. The number of urea groups is 1. The number of anilines is 3. The van der Waals surface area contributed by atoms with Crippen molar-refractivity contribution < 1.29 is 4.79 Å². The second-order valence-electron chi connectivity index (χ2n) is 4.59. The highest BCUT2D eigenvalue weighted by Gasteiger charge is 2.24. The summed E-state index contributed by atoms with van der Waals surface area (Å²) in [7, 11) is 0. The largest absolute Gasteiger partial charge is 0.399 e. The number of amides is 2. The Morgan fingerprint density at radius 1 is 1.16 bits per heavy atom. The maximum atomic E-state index is 12.3. The van der Waals surface area contributed by atoms with Crippen LogP contribution < -0.4 is 16.0 Å². The summed E-state index contributed by atoms with van der Waals surface area (Å²) in [5, 5.41) is 2.89. The van der Waals surface area contributed by atoms with Gasteiger partial charge in [0.15, 0.2) is 0 Å². The van der Waals surface area contributed by atoms with Gasteiger partial charge in [0, 0.05) is 17.9 Å². The molecule has 0 saturated heterocycles. The van der Waals surface area contributed by atoms with Gasteiger partial charge in [-0.15, -0.1) is 0 Å². The molecule has 4 heteroatoms. The molecule has 0 radical (unpaired) electrons. The molecule has 4 nitrogen and oxygen atoms in total. The highest BCUT2D eigenvalue weighted by molar-refractivity contribution is 6.03. The summed E-state index contributed by atoms with van der Waals surface area (Å²) in [6, 6.07) is 15.0. The molecule has 1 aliphatic heterocycles. The van der Waals surface area contributed by atoms with Crippen molar-refractivity contribution in [3.63, 3.8) is 0 Å². The molecule has 0 aliphatic carbocycles. The van der Waals surface area contributed by atoms with Crippen LogP contribution >= 0.6 is 0 Å². The highest BCUT2D eigenvalue weighted by Crippen LogP contribution is 2.30. The van der Waals surface area contributed by atoms with Crippen molar-refractivity contribution in [2.45, 2.75) is 6.42 Å². The third-order valence-corrected chi connectivity index (χ3v) is 3.28. The van der Waals surface area contributed by atoms with Gasteiger partial charge < -0.3 is 11.1 Å². The third kappa shape index (κ3) is 2.25. The Balaban J connectivity index is 1.82. The molecule has 0 saturated carbocycles. The Bertz CT molecular complexity index is 610. The van der Waals surface area contributed by atoms with Crippen LogP contribution in [-0.4, -0.2) is 12.6 Å². The lowest BCUT2D eigenvalue weighted by Crippen LogP contribution is -2.33. The van der Waals surface area contributed by atoms with Crippen LogP contribution in [0.3, 0.4) is 0 Å². The van der Waals surface area contributed by atoms with Crippen molar-refractivity contribution in [1.82, 2.24) is 0 Å². The molecule has 1 heterocycles. The fraction of sp³-hybridized carbons (Fsp3) is 0.133. The molecule has 19 heavy (non-hydrogen) atoms. The van der Waals surface area contributed by atoms with E-state index in [1.807, 2.05) is 48.5 Å². The van der Waals surface area contributed by atoms with Gasteiger partial charge >= 0.3 is 6.03 Å². The van der Waals surface area contributed by atoms with Crippen LogP contribution in [0.1, 0.15) is 5.56 Å². The minimum absolute atomic E-state index is 0.115. The summed E-state index contributed by atoms with van der Waals surface area (Å²) in [6.45, 7) is 0.692. The lowest BCUT2D eigenvalue weighted by molar-refractivity contribution is 0.257. The molecular weight excluding hydrogens is 238 g/mol. The maximum absolute atomic E-state index is 12.3. The zero-order chi connectivity index (χ0) is 13.2. The summed E-state index contributed by atoms with van der Waals surface area (Å²) < 4.78 is 0. The van der Waals surface area contributed by atoms with E-state index in [1.54, 1.807) is 4.90 Å². The van der Waals surface area contributed by atoms with Gasteiger partial charge in [-0.1, -0.05) is 24.3 Å². The van der Waals surface area contributed by atoms with Gasteiger partial charge in [-0.05, 0) is 36.2 Å². The van der Waals surface area contributed by atoms with Crippen LogP contribution in [0.2, 0.25) is 0 Å². The summed E-state index contributed by atoms with van der Waals surface area (Å²) >= 11 is 0. The number of hydrogen-bond acceptors (Lipinski definition) is 2. The number of benzene rings is 2. The van der Waals surface area contributed by atoms with E-state index in [4.69, 9.17) is 5.73 Å². The van der Waals surface area contributed by atoms with Crippen molar-refractivity contribution in [2.75, 3.05) is 22.5 Å². The number of nitrogens with zero attached hydrogens (tertiary/aromatic N) is 1. The van der Waals surface area contributed by atoms with Crippen molar-refractivity contribution in [2.24, 2.45) is 0 Å². The Kier molecular flexibility index (Phi) is 2.83. The Labute approximate surface area is 111 Å². The summed E-state index contributed by atoms with van der Waals surface area (Å²) in [4.78, 5) is 14.0. The van der Waals surface area contributed by atoms with E-state index in [1.165, 1.54) is 0 Å². The molecule has 3 rings (SSSR count). The number of carbonyl (C=O) groups excluding carboxylic acids is 1. The smallest absolute Gasteiger partial charge is 0.326 e. The first-order chi connectivity index (χ1) is 9.24. The number of nitrogens with two attached hydrogens (primary N) is 1. The maximum Gasteiger partial charge on any atom is 0.326 e. The molecule has 2 aromatic carbocycles. The Morgan fingerprint density at radius 3 is 2.74 bits per heavy atom. The molecule has 0 atom stereocenters. The van der Waals surface area contributed by atoms with E-state index in [0.29, 0.717) is 12.2 Å². The minimum Gasteiger partial charge on any atom is -0.399 e. The number of nitrogen functional groups attached to an aromatic ring is 1. The number of fused-ring (bicyclic) bond motifs is 1. The predicted octanol–water partition coefficient (Wildman–Crippen LogP) is 2.86. The zero-order valence-corrected chi connectivity index (χ0v) is 10.5. The quantitative estimate of drug-likeness (QED) is 0.768. The molecule has 0 aromatic heterocycles. The van der Waals surface area contributed by atoms with Crippen LogP contribution in [0, 0.1) is 0 Å². The molecular formula is C15H15N3O. The normalized spacial score (nSPS) is 13.2. The lowest BCUT2D eigenvalue weighted by Gasteiger charge is -2.18. The fourth-order valence-corrected chi connectivity index (χ4v) is 2.32. The van der Waals surface area contributed by atoms with Crippen LogP contribution in [0.15, 0.2) is 48.5 Å². The average Bonchev–Trinajstić information content (AvgIpc) is 2.82. The van der Waals surface area contributed by atoms with E-state index in [2.05, 4.69) is 5.32 Å². The highest BCUT2D eigenvalue weighted by atomic mass is 16.2. The first-order valence-electron chi connectivity index (χ1n) is 6.26. The van der Waals surface area contributed by atoms with Crippen molar-refractivity contribution in [3.8, 4) is 0 Å². The number of hydrogen-bond donors (Lipinski definition) is 2. The molecule has 0 spiro atoms. The van der Waals surface area contributed by atoms with Gasteiger partial charge in [0.1, 0.15) is 0 Å². The standard InChI is InChI=1S/C15H15N3O/c16-12-7-6-11-8-9-18(14(11)10-12)15(19)17-13-4-2-1-3-5-13/h1-7,10H,8-9,16H2,(H,17,19). The Morgan fingerprint density at radius 2 is 1.95 bits per heavy atom. The monoisotopic (exact) mass is 253 g/mol. The first-order valence-corrected chi connectivity index (χ1v) is 6.26. The number of carbonyl (C=O) groups is 1. The van der Waals surface area contributed by atoms with Gasteiger partial charge in [0.25, 0.3) is 0 Å². The van der Waals surface area contributed by atoms with Crippen LogP contribution in [-0.2, 0) is 6.42 Å². The summed E-state index contributed by atoms with van der Waals surface area (Å²) in [5.41, 5.74) is 9.34. The van der Waals surface area contributed by atoms with Crippen LogP contribution in [0.4, 0.5) is 21.9 Å². The topological polar surface area (TPSA) is 58.4 Å². The zero-order valence-electron chi connectivity index (χ0n) is 10.5. The van der Waals surface area contributed by atoms with Crippen LogP contribution in [0.25, 0.3) is 0 Å². The van der Waals surface area contributed by atoms with E-state index in [0.717, 1.165) is 23.4 Å². The first kappa shape index (κ1) is 11.6. The molecule has 0 unspecified atom stereocenters. The van der Waals surface area contributed by atoms with Gasteiger partial charge in [-0.25, -0.2) is 4.79 Å². The van der Waals surface area contributed by atoms with Crippen molar-refractivity contribution in [3.05, 3.63) is 54.1 Å². The van der Waals surface area contributed by atoms with Gasteiger partial charge in [0.05, 0.1) is 5.69 Å². The second-order valence-corrected chi connectivity index (χ2v) is 4.59. The molecule has 2 amide bonds. The Hall–Kier alpha value is -2.49. The van der Waals surface area contributed by atoms with E-state index in [-0.39, 0.29) is 6.03 Å². The van der Waals surface area contributed by atoms with E-state index < -0.39 is 0 Å².